The van der Waals surface area contributed by atoms with Crippen LogP contribution in [0.4, 0.5) is 0 Å². The molecule has 1 saturated heterocycles. The highest BCUT2D eigenvalue weighted by Crippen LogP contribution is 2.65. The predicted octanol–water partition coefficient (Wildman–Crippen LogP) is 4.99. The molecule has 2 aliphatic rings. The van der Waals surface area contributed by atoms with Gasteiger partial charge in [-0.15, -0.1) is 0 Å². The van der Waals surface area contributed by atoms with Crippen molar-refractivity contribution in [3.63, 3.8) is 0 Å². The zero-order valence-electron chi connectivity index (χ0n) is 16.4. The van der Waals surface area contributed by atoms with E-state index < -0.39 is 7.59 Å². The molecule has 4 rings (SSSR count). The maximum atomic E-state index is 14.5. The van der Waals surface area contributed by atoms with Gasteiger partial charge in [0.1, 0.15) is 0 Å². The van der Waals surface area contributed by atoms with Gasteiger partial charge in [-0.05, 0) is 38.1 Å². The molecule has 1 heterocycles. The first-order valence-corrected chi connectivity index (χ1v) is 11.6. The molecule has 0 N–H and O–H groups in total. The van der Waals surface area contributed by atoms with Gasteiger partial charge < -0.3 is 0 Å². The second-order valence-electron chi connectivity index (χ2n) is 7.95. The fourth-order valence-corrected chi connectivity index (χ4v) is 7.96. The van der Waals surface area contributed by atoms with E-state index in [-0.39, 0.29) is 0 Å². The van der Waals surface area contributed by atoms with E-state index in [1.807, 2.05) is 30.9 Å². The fourth-order valence-electron chi connectivity index (χ4n) is 4.74. The molecule has 1 aliphatic heterocycles. The van der Waals surface area contributed by atoms with Gasteiger partial charge in [-0.25, -0.2) is 14.0 Å². The van der Waals surface area contributed by atoms with Gasteiger partial charge in [0.2, 0.25) is 0 Å². The van der Waals surface area contributed by atoms with E-state index >= 15 is 0 Å². The summed E-state index contributed by atoms with van der Waals surface area (Å²) in [5, 5.41) is 0. The molecule has 0 unspecified atom stereocenters. The van der Waals surface area contributed by atoms with Gasteiger partial charge in [0, 0.05) is 25.2 Å². The summed E-state index contributed by atoms with van der Waals surface area (Å²) in [5.74, 6) is 0. The van der Waals surface area contributed by atoms with Crippen molar-refractivity contribution in [2.24, 2.45) is 0 Å². The summed E-state index contributed by atoms with van der Waals surface area (Å²) in [6, 6.07) is 21.7. The molecule has 0 aromatic heterocycles. The maximum absolute atomic E-state index is 14.5. The molecule has 2 atom stereocenters. The third-order valence-corrected chi connectivity index (χ3v) is 9.28. The van der Waals surface area contributed by atoms with Gasteiger partial charge in [0.05, 0.1) is 0 Å². The Morgan fingerprint density at radius 3 is 1.59 bits per heavy atom. The van der Waals surface area contributed by atoms with Gasteiger partial charge in [-0.3, -0.25) is 4.57 Å². The van der Waals surface area contributed by atoms with Crippen molar-refractivity contribution >= 4 is 7.59 Å². The molecule has 2 aromatic rings. The average molecular weight is 383 g/mol. The smallest absolute Gasteiger partial charge is 0.270 e. The lowest BCUT2D eigenvalue weighted by Crippen LogP contribution is -2.39. The average Bonchev–Trinajstić information content (AvgIpc) is 2.94. The van der Waals surface area contributed by atoms with Crippen molar-refractivity contribution in [3.8, 4) is 0 Å². The molecule has 0 spiro atoms. The minimum Gasteiger partial charge on any atom is -0.270 e. The van der Waals surface area contributed by atoms with Crippen LogP contribution in [0.3, 0.4) is 0 Å². The summed E-state index contributed by atoms with van der Waals surface area (Å²) < 4.78 is 21.2. The molecule has 1 saturated carbocycles. The van der Waals surface area contributed by atoms with Crippen molar-refractivity contribution in [3.05, 3.63) is 71.8 Å². The lowest BCUT2D eigenvalue weighted by molar-refractivity contribution is 0.197. The monoisotopic (exact) mass is 383 g/mol. The molecule has 27 heavy (non-hydrogen) atoms. The SMILES string of the molecule is CN(C)P1(=O)N(Cc2ccccc2)[C@@H]2CCCC[C@H]2N1Cc1ccccc1. The first-order valence-electron chi connectivity index (χ1n) is 10.0. The molecule has 144 valence electrons. The highest BCUT2D eigenvalue weighted by Gasteiger charge is 2.56. The number of rotatable bonds is 5. The zero-order valence-corrected chi connectivity index (χ0v) is 17.3. The lowest BCUT2D eigenvalue weighted by Gasteiger charge is -2.36. The summed E-state index contributed by atoms with van der Waals surface area (Å²) >= 11 is 0. The first-order chi connectivity index (χ1) is 13.1. The van der Waals surface area contributed by atoms with Crippen molar-refractivity contribution < 1.29 is 4.57 Å². The minimum absolute atomic E-state index is 0.371. The Kier molecular flexibility index (Phi) is 5.52. The van der Waals surface area contributed by atoms with Crippen LogP contribution in [-0.4, -0.2) is 40.2 Å². The van der Waals surface area contributed by atoms with E-state index in [2.05, 4.69) is 57.9 Å². The van der Waals surface area contributed by atoms with Crippen molar-refractivity contribution in [1.82, 2.24) is 14.0 Å². The van der Waals surface area contributed by atoms with Crippen LogP contribution in [0.2, 0.25) is 0 Å². The molecule has 5 heteroatoms. The molecule has 0 amide bonds. The second-order valence-corrected chi connectivity index (χ2v) is 10.8. The molecule has 2 aromatic carbocycles. The number of hydrogen-bond donors (Lipinski definition) is 0. The highest BCUT2D eigenvalue weighted by molar-refractivity contribution is 7.56. The van der Waals surface area contributed by atoms with Crippen LogP contribution < -0.4 is 0 Å². The van der Waals surface area contributed by atoms with E-state index in [0.717, 1.165) is 25.9 Å². The number of hydrogen-bond acceptors (Lipinski definition) is 1. The van der Waals surface area contributed by atoms with E-state index in [1.165, 1.54) is 24.0 Å². The van der Waals surface area contributed by atoms with Crippen LogP contribution in [0.5, 0.6) is 0 Å². The van der Waals surface area contributed by atoms with E-state index in [4.69, 9.17) is 0 Å². The van der Waals surface area contributed by atoms with Crippen LogP contribution in [0.25, 0.3) is 0 Å². The summed E-state index contributed by atoms with van der Waals surface area (Å²) in [4.78, 5) is 0. The Bertz CT molecular complexity index is 734. The van der Waals surface area contributed by atoms with Gasteiger partial charge in [0.15, 0.2) is 0 Å². The van der Waals surface area contributed by atoms with Gasteiger partial charge >= 0.3 is 0 Å². The van der Waals surface area contributed by atoms with Crippen LogP contribution >= 0.6 is 7.59 Å². The van der Waals surface area contributed by atoms with Crippen LogP contribution in [0.1, 0.15) is 36.8 Å². The normalized spacial score (nSPS) is 25.6. The van der Waals surface area contributed by atoms with Crippen LogP contribution in [0, 0.1) is 0 Å². The number of fused-ring (bicyclic) bond motifs is 1. The van der Waals surface area contributed by atoms with Crippen LogP contribution in [-0.2, 0) is 17.7 Å². The van der Waals surface area contributed by atoms with E-state index in [1.54, 1.807) is 0 Å². The number of nitrogens with zero attached hydrogens (tertiary/aromatic N) is 3. The second kappa shape index (κ2) is 7.89. The molecule has 4 nitrogen and oxygen atoms in total. The van der Waals surface area contributed by atoms with Gasteiger partial charge in [-0.1, -0.05) is 73.5 Å². The topological polar surface area (TPSA) is 26.8 Å². The molecular formula is C22H30N3OP. The third kappa shape index (κ3) is 3.52. The van der Waals surface area contributed by atoms with E-state index in [9.17, 15) is 4.57 Å². The zero-order chi connectivity index (χ0) is 18.9. The molecule has 2 fully saturated rings. The maximum Gasteiger partial charge on any atom is 0.287 e. The summed E-state index contributed by atoms with van der Waals surface area (Å²) in [6.07, 6.45) is 4.75. The van der Waals surface area contributed by atoms with E-state index in [0.29, 0.717) is 12.1 Å². The summed E-state index contributed by atoms with van der Waals surface area (Å²) in [6.45, 7) is 1.51. The van der Waals surface area contributed by atoms with Crippen molar-refractivity contribution in [2.75, 3.05) is 14.1 Å². The Balaban J connectivity index is 1.72. The Morgan fingerprint density at radius 2 is 1.22 bits per heavy atom. The standard InChI is InChI=1S/C22H30N3OP/c1-23(2)27(26)24(17-19-11-5-3-6-12-19)21-15-9-10-16-22(21)25(27)18-20-13-7-4-8-14-20/h3-8,11-14,21-22H,9-10,15-18H2,1-2H3/t21-,22-/m1/s1. The Hall–Kier alpha value is -1.45. The minimum atomic E-state index is -2.80. The quantitative estimate of drug-likeness (QED) is 0.680. The molecule has 0 bridgehead atoms. The lowest BCUT2D eigenvalue weighted by atomic mass is 9.90. The van der Waals surface area contributed by atoms with Crippen molar-refractivity contribution in [2.45, 2.75) is 50.9 Å². The highest BCUT2D eigenvalue weighted by atomic mass is 31.2. The largest absolute Gasteiger partial charge is 0.287 e. The predicted molar refractivity (Wildman–Crippen MR) is 111 cm³/mol. The third-order valence-electron chi connectivity index (χ3n) is 6.02. The molecule has 0 radical (unpaired) electrons. The Morgan fingerprint density at radius 1 is 0.815 bits per heavy atom. The molecule has 1 aliphatic carbocycles. The fraction of sp³-hybridized carbons (Fsp3) is 0.455. The summed E-state index contributed by atoms with van der Waals surface area (Å²) in [5.41, 5.74) is 2.48. The first kappa shape index (κ1) is 18.9. The van der Waals surface area contributed by atoms with Gasteiger partial charge in [-0.2, -0.15) is 0 Å². The van der Waals surface area contributed by atoms with Crippen LogP contribution in [0.15, 0.2) is 60.7 Å². The number of benzene rings is 2. The Labute approximate surface area is 163 Å². The van der Waals surface area contributed by atoms with Gasteiger partial charge in [0.25, 0.3) is 7.59 Å². The molecular weight excluding hydrogens is 353 g/mol. The summed E-state index contributed by atoms with van der Waals surface area (Å²) in [7, 11) is 1.16. The van der Waals surface area contributed by atoms with Crippen molar-refractivity contribution in [1.29, 1.82) is 0 Å².